The maximum atomic E-state index is 11.3. The smallest absolute Gasteiger partial charge is 0.208 e. The van der Waals surface area contributed by atoms with Gasteiger partial charge in [-0.25, -0.2) is 13.1 Å². The standard InChI is InChI=1S/C12H19N3O3S/c1-19(16,17)14-10-12(11-3-2-4-13-9-11)15-5-7-18-8-6-15/h2-4,9,12,14H,5-8,10H2,1H3. The minimum atomic E-state index is -3.19. The van der Waals surface area contributed by atoms with E-state index < -0.39 is 10.0 Å². The lowest BCUT2D eigenvalue weighted by Gasteiger charge is -2.34. The van der Waals surface area contributed by atoms with Crippen LogP contribution in [0, 0.1) is 0 Å². The van der Waals surface area contributed by atoms with Gasteiger partial charge in [-0.2, -0.15) is 0 Å². The van der Waals surface area contributed by atoms with Gasteiger partial charge in [-0.15, -0.1) is 0 Å². The Morgan fingerprint density at radius 2 is 2.21 bits per heavy atom. The lowest BCUT2D eigenvalue weighted by Crippen LogP contribution is -2.43. The average Bonchev–Trinajstić information content (AvgIpc) is 2.40. The van der Waals surface area contributed by atoms with Crippen LogP contribution in [0.1, 0.15) is 11.6 Å². The highest BCUT2D eigenvalue weighted by Crippen LogP contribution is 2.20. The van der Waals surface area contributed by atoms with Crippen LogP contribution >= 0.6 is 0 Å². The molecule has 2 heterocycles. The van der Waals surface area contributed by atoms with E-state index in [9.17, 15) is 8.42 Å². The van der Waals surface area contributed by atoms with Gasteiger partial charge < -0.3 is 4.74 Å². The van der Waals surface area contributed by atoms with E-state index in [0.717, 1.165) is 18.7 Å². The second-order valence-electron chi connectivity index (χ2n) is 4.57. The zero-order chi connectivity index (χ0) is 13.7. The van der Waals surface area contributed by atoms with Crippen LogP contribution < -0.4 is 4.72 Å². The number of rotatable bonds is 5. The lowest BCUT2D eigenvalue weighted by molar-refractivity contribution is 0.0171. The molecule has 6 nitrogen and oxygen atoms in total. The second kappa shape index (κ2) is 6.42. The summed E-state index contributed by atoms with van der Waals surface area (Å²) >= 11 is 0. The molecule has 1 aromatic heterocycles. The van der Waals surface area contributed by atoms with Crippen LogP contribution in [0.15, 0.2) is 24.5 Å². The number of sulfonamides is 1. The average molecular weight is 285 g/mol. The van der Waals surface area contributed by atoms with Gasteiger partial charge in [0.1, 0.15) is 0 Å². The number of hydrogen-bond donors (Lipinski definition) is 1. The molecular weight excluding hydrogens is 266 g/mol. The third-order valence-corrected chi connectivity index (χ3v) is 3.79. The molecule has 19 heavy (non-hydrogen) atoms. The molecule has 1 unspecified atom stereocenters. The first-order chi connectivity index (χ1) is 9.06. The van der Waals surface area contributed by atoms with Crippen LogP contribution in [0.25, 0.3) is 0 Å². The molecule has 0 aliphatic carbocycles. The molecule has 1 saturated heterocycles. The van der Waals surface area contributed by atoms with Crippen LogP contribution in [-0.2, 0) is 14.8 Å². The Morgan fingerprint density at radius 3 is 2.79 bits per heavy atom. The van der Waals surface area contributed by atoms with Gasteiger partial charge >= 0.3 is 0 Å². The topological polar surface area (TPSA) is 71.5 Å². The Kier molecular flexibility index (Phi) is 4.87. The molecule has 0 spiro atoms. The highest BCUT2D eigenvalue weighted by molar-refractivity contribution is 7.88. The number of ether oxygens (including phenoxy) is 1. The first-order valence-electron chi connectivity index (χ1n) is 6.22. The van der Waals surface area contributed by atoms with Crippen LogP contribution in [0.5, 0.6) is 0 Å². The van der Waals surface area contributed by atoms with Crippen molar-refractivity contribution in [1.82, 2.24) is 14.6 Å². The van der Waals surface area contributed by atoms with Gasteiger partial charge in [-0.3, -0.25) is 9.88 Å². The highest BCUT2D eigenvalue weighted by atomic mass is 32.2. The minimum absolute atomic E-state index is 0.00711. The first-order valence-corrected chi connectivity index (χ1v) is 8.12. The van der Waals surface area contributed by atoms with Crippen molar-refractivity contribution in [1.29, 1.82) is 0 Å². The zero-order valence-electron chi connectivity index (χ0n) is 10.9. The molecule has 0 saturated carbocycles. The van der Waals surface area contributed by atoms with Crippen molar-refractivity contribution in [3.8, 4) is 0 Å². The Bertz CT molecular complexity index is 486. The normalized spacial score (nSPS) is 19.2. The molecule has 1 N–H and O–H groups in total. The van der Waals surface area contributed by atoms with E-state index in [2.05, 4.69) is 14.6 Å². The summed E-state index contributed by atoms with van der Waals surface area (Å²) < 4.78 is 30.5. The number of pyridine rings is 1. The summed E-state index contributed by atoms with van der Waals surface area (Å²) in [5, 5.41) is 0. The predicted octanol–water partition coefficient (Wildman–Crippen LogP) is 0.00410. The maximum absolute atomic E-state index is 11.3. The largest absolute Gasteiger partial charge is 0.379 e. The molecule has 106 valence electrons. The van der Waals surface area contributed by atoms with Gasteiger partial charge in [0.15, 0.2) is 0 Å². The van der Waals surface area contributed by atoms with Gasteiger partial charge in [0.2, 0.25) is 10.0 Å². The SMILES string of the molecule is CS(=O)(=O)NCC(c1cccnc1)N1CCOCC1. The third-order valence-electron chi connectivity index (χ3n) is 3.09. The predicted molar refractivity (Wildman–Crippen MR) is 72.2 cm³/mol. The van der Waals surface area contributed by atoms with E-state index in [1.807, 2.05) is 12.1 Å². The molecule has 0 radical (unpaired) electrons. The van der Waals surface area contributed by atoms with Crippen LogP contribution in [0.3, 0.4) is 0 Å². The molecule has 0 aromatic carbocycles. The molecular formula is C12H19N3O3S. The molecule has 1 aliphatic rings. The summed E-state index contributed by atoms with van der Waals surface area (Å²) in [6.07, 6.45) is 4.67. The van der Waals surface area contributed by atoms with Crippen molar-refractivity contribution in [2.75, 3.05) is 39.1 Å². The highest BCUT2D eigenvalue weighted by Gasteiger charge is 2.23. The summed E-state index contributed by atoms with van der Waals surface area (Å²) in [5.41, 5.74) is 1.01. The van der Waals surface area contributed by atoms with Crippen LogP contribution in [-0.4, -0.2) is 57.4 Å². The number of aromatic nitrogens is 1. The molecule has 1 atom stereocenters. The van der Waals surface area contributed by atoms with E-state index in [0.29, 0.717) is 19.8 Å². The monoisotopic (exact) mass is 285 g/mol. The van der Waals surface area contributed by atoms with Crippen LogP contribution in [0.4, 0.5) is 0 Å². The summed E-state index contributed by atoms with van der Waals surface area (Å²) in [7, 11) is -3.19. The van der Waals surface area contributed by atoms with Gasteiger partial charge in [-0.05, 0) is 11.6 Å². The second-order valence-corrected chi connectivity index (χ2v) is 6.40. The van der Waals surface area contributed by atoms with E-state index in [4.69, 9.17) is 4.74 Å². The first kappa shape index (κ1) is 14.4. The number of morpholine rings is 1. The summed E-state index contributed by atoms with van der Waals surface area (Å²) in [6, 6.07) is 3.83. The van der Waals surface area contributed by atoms with Crippen molar-refractivity contribution >= 4 is 10.0 Å². The van der Waals surface area contributed by atoms with Crippen molar-refractivity contribution in [3.63, 3.8) is 0 Å². The van der Waals surface area contributed by atoms with Crippen LogP contribution in [0.2, 0.25) is 0 Å². The summed E-state index contributed by atoms with van der Waals surface area (Å²) in [4.78, 5) is 6.33. The van der Waals surface area contributed by atoms with Crippen molar-refractivity contribution in [2.45, 2.75) is 6.04 Å². The maximum Gasteiger partial charge on any atom is 0.208 e. The fourth-order valence-electron chi connectivity index (χ4n) is 2.15. The lowest BCUT2D eigenvalue weighted by atomic mass is 10.1. The number of nitrogens with one attached hydrogen (secondary N) is 1. The van der Waals surface area contributed by atoms with E-state index in [-0.39, 0.29) is 6.04 Å². The Labute approximate surface area is 113 Å². The third kappa shape index (κ3) is 4.54. The molecule has 1 aliphatic heterocycles. The molecule has 1 aromatic rings. The van der Waals surface area contributed by atoms with E-state index >= 15 is 0 Å². The van der Waals surface area contributed by atoms with E-state index in [1.54, 1.807) is 12.4 Å². The molecule has 2 rings (SSSR count). The Balaban J connectivity index is 2.12. The molecule has 0 amide bonds. The van der Waals surface area contributed by atoms with Crippen molar-refractivity contribution in [2.24, 2.45) is 0 Å². The van der Waals surface area contributed by atoms with Crippen molar-refractivity contribution in [3.05, 3.63) is 30.1 Å². The molecule has 0 bridgehead atoms. The van der Waals surface area contributed by atoms with Gasteiger partial charge in [-0.1, -0.05) is 6.07 Å². The van der Waals surface area contributed by atoms with Gasteiger partial charge in [0, 0.05) is 32.0 Å². The van der Waals surface area contributed by atoms with Gasteiger partial charge in [0.05, 0.1) is 25.5 Å². The number of hydrogen-bond acceptors (Lipinski definition) is 5. The summed E-state index contributed by atoms with van der Waals surface area (Å²) in [6.45, 7) is 3.30. The Hall–Kier alpha value is -1.02. The van der Waals surface area contributed by atoms with Crippen molar-refractivity contribution < 1.29 is 13.2 Å². The molecule has 1 fully saturated rings. The quantitative estimate of drug-likeness (QED) is 0.825. The van der Waals surface area contributed by atoms with Gasteiger partial charge in [0.25, 0.3) is 0 Å². The minimum Gasteiger partial charge on any atom is -0.379 e. The zero-order valence-corrected chi connectivity index (χ0v) is 11.8. The summed E-state index contributed by atoms with van der Waals surface area (Å²) in [5.74, 6) is 0. The fourth-order valence-corrected chi connectivity index (χ4v) is 2.61. The Morgan fingerprint density at radius 1 is 1.47 bits per heavy atom. The molecule has 7 heteroatoms. The fraction of sp³-hybridized carbons (Fsp3) is 0.583. The van der Waals surface area contributed by atoms with E-state index in [1.165, 1.54) is 6.26 Å². The number of nitrogens with zero attached hydrogens (tertiary/aromatic N) is 2.